The molecular weight excluding hydrogens is 279 g/mol. The molecule has 1 N–H and O–H groups in total. The van der Waals surface area contributed by atoms with Gasteiger partial charge < -0.3 is 5.32 Å². The maximum absolute atomic E-state index is 13.4. The van der Waals surface area contributed by atoms with Crippen molar-refractivity contribution in [1.29, 1.82) is 0 Å². The van der Waals surface area contributed by atoms with Crippen LogP contribution in [0.15, 0.2) is 12.3 Å². The zero-order valence-corrected chi connectivity index (χ0v) is 11.3. The maximum atomic E-state index is 13.4. The Bertz CT molecular complexity index is 522. The summed E-state index contributed by atoms with van der Waals surface area (Å²) in [7, 11) is -2.85. The van der Waals surface area contributed by atoms with Crippen molar-refractivity contribution < 1.29 is 12.8 Å². The van der Waals surface area contributed by atoms with Gasteiger partial charge in [-0.15, -0.1) is 0 Å². The van der Waals surface area contributed by atoms with Crippen molar-refractivity contribution in [2.75, 3.05) is 23.4 Å². The second kappa shape index (κ2) is 5.40. The van der Waals surface area contributed by atoms with Gasteiger partial charge in [0.05, 0.1) is 16.5 Å². The zero-order chi connectivity index (χ0) is 13.2. The third-order valence-electron chi connectivity index (χ3n) is 3.04. The average Bonchev–Trinajstić information content (AvgIpc) is 2.29. The molecule has 1 aliphatic heterocycles. The van der Waals surface area contributed by atoms with Gasteiger partial charge in [-0.3, -0.25) is 0 Å². The van der Waals surface area contributed by atoms with Crippen LogP contribution in [0.25, 0.3) is 0 Å². The van der Waals surface area contributed by atoms with E-state index in [4.69, 9.17) is 11.6 Å². The van der Waals surface area contributed by atoms with E-state index in [1.165, 1.54) is 12.3 Å². The van der Waals surface area contributed by atoms with Crippen molar-refractivity contribution in [3.8, 4) is 0 Å². The monoisotopic (exact) mass is 292 g/mol. The molecule has 1 fully saturated rings. The number of rotatable bonds is 3. The Kier molecular flexibility index (Phi) is 4.07. The molecule has 1 aliphatic rings. The summed E-state index contributed by atoms with van der Waals surface area (Å²) in [4.78, 5) is 3.85. The van der Waals surface area contributed by atoms with Crippen LogP contribution in [0.2, 0.25) is 5.02 Å². The number of aromatic nitrogens is 1. The highest BCUT2D eigenvalue weighted by molar-refractivity contribution is 7.91. The van der Waals surface area contributed by atoms with Crippen LogP contribution >= 0.6 is 11.6 Å². The predicted molar refractivity (Wildman–Crippen MR) is 69.1 cm³/mol. The van der Waals surface area contributed by atoms with E-state index < -0.39 is 15.7 Å². The van der Waals surface area contributed by atoms with E-state index in [9.17, 15) is 12.8 Å². The summed E-state index contributed by atoms with van der Waals surface area (Å²) in [6.45, 7) is 0.529. The second-order valence-corrected chi connectivity index (χ2v) is 7.20. The van der Waals surface area contributed by atoms with Gasteiger partial charge in [-0.05, 0) is 24.8 Å². The summed E-state index contributed by atoms with van der Waals surface area (Å²) in [6.07, 6.45) is 2.60. The van der Waals surface area contributed by atoms with Crippen molar-refractivity contribution in [2.45, 2.75) is 12.8 Å². The lowest BCUT2D eigenvalue weighted by molar-refractivity contribution is 0.482. The van der Waals surface area contributed by atoms with Gasteiger partial charge in [-0.25, -0.2) is 17.8 Å². The lowest BCUT2D eigenvalue weighted by Gasteiger charge is -2.22. The van der Waals surface area contributed by atoms with Gasteiger partial charge in [0.1, 0.15) is 9.84 Å². The molecule has 1 aromatic heterocycles. The third kappa shape index (κ3) is 3.55. The number of hydrogen-bond donors (Lipinski definition) is 1. The standard InChI is InChI=1S/C11H14ClFN2O2S/c12-9-5-10(13)11(15-7-9)14-6-8-1-3-18(16,17)4-2-8/h5,7-8H,1-4,6H2,(H,14,15). The summed E-state index contributed by atoms with van der Waals surface area (Å²) >= 11 is 5.60. The first-order valence-electron chi connectivity index (χ1n) is 5.71. The molecule has 0 unspecified atom stereocenters. The van der Waals surface area contributed by atoms with Gasteiger partial charge in [0, 0.05) is 12.7 Å². The number of nitrogens with zero attached hydrogens (tertiary/aromatic N) is 1. The van der Waals surface area contributed by atoms with Crippen LogP contribution in [0.4, 0.5) is 10.2 Å². The van der Waals surface area contributed by atoms with Gasteiger partial charge in [0.2, 0.25) is 0 Å². The SMILES string of the molecule is O=S1(=O)CCC(CNc2ncc(Cl)cc2F)CC1. The minimum atomic E-state index is -2.85. The summed E-state index contributed by atoms with van der Waals surface area (Å²) in [6, 6.07) is 1.20. The molecule has 0 amide bonds. The first-order chi connectivity index (χ1) is 8.46. The van der Waals surface area contributed by atoms with Crippen molar-refractivity contribution in [2.24, 2.45) is 5.92 Å². The van der Waals surface area contributed by atoms with Crippen molar-refractivity contribution >= 4 is 27.3 Å². The Morgan fingerprint density at radius 2 is 2.11 bits per heavy atom. The van der Waals surface area contributed by atoms with Gasteiger partial charge in [-0.1, -0.05) is 11.6 Å². The van der Waals surface area contributed by atoms with E-state index in [1.54, 1.807) is 0 Å². The molecule has 0 spiro atoms. The van der Waals surface area contributed by atoms with Crippen LogP contribution in [0.1, 0.15) is 12.8 Å². The minimum Gasteiger partial charge on any atom is -0.367 e. The lowest BCUT2D eigenvalue weighted by atomic mass is 10.0. The van der Waals surface area contributed by atoms with Gasteiger partial charge in [0.15, 0.2) is 11.6 Å². The molecule has 1 aromatic rings. The molecule has 1 saturated heterocycles. The number of pyridine rings is 1. The van der Waals surface area contributed by atoms with Gasteiger partial charge in [-0.2, -0.15) is 0 Å². The first-order valence-corrected chi connectivity index (χ1v) is 7.91. The maximum Gasteiger partial charge on any atom is 0.166 e. The molecular formula is C11H14ClFN2O2S. The molecule has 0 saturated carbocycles. The van der Waals surface area contributed by atoms with Crippen LogP contribution in [0.3, 0.4) is 0 Å². The van der Waals surface area contributed by atoms with Gasteiger partial charge >= 0.3 is 0 Å². The zero-order valence-electron chi connectivity index (χ0n) is 9.70. The van der Waals surface area contributed by atoms with E-state index in [-0.39, 0.29) is 28.3 Å². The number of nitrogens with one attached hydrogen (secondary N) is 1. The molecule has 100 valence electrons. The average molecular weight is 293 g/mol. The molecule has 4 nitrogen and oxygen atoms in total. The molecule has 0 bridgehead atoms. The highest BCUT2D eigenvalue weighted by Gasteiger charge is 2.23. The summed E-state index contributed by atoms with van der Waals surface area (Å²) < 4.78 is 35.9. The molecule has 2 heterocycles. The fourth-order valence-corrected chi connectivity index (χ4v) is 3.66. The van der Waals surface area contributed by atoms with E-state index in [2.05, 4.69) is 10.3 Å². The van der Waals surface area contributed by atoms with E-state index in [0.717, 1.165) is 0 Å². The summed E-state index contributed by atoms with van der Waals surface area (Å²) in [5, 5.41) is 3.15. The number of anilines is 1. The smallest absolute Gasteiger partial charge is 0.166 e. The molecule has 18 heavy (non-hydrogen) atoms. The van der Waals surface area contributed by atoms with Crippen LogP contribution in [-0.4, -0.2) is 31.5 Å². The highest BCUT2D eigenvalue weighted by Crippen LogP contribution is 2.21. The molecule has 7 heteroatoms. The van der Waals surface area contributed by atoms with Crippen molar-refractivity contribution in [3.05, 3.63) is 23.1 Å². The second-order valence-electron chi connectivity index (χ2n) is 4.46. The largest absolute Gasteiger partial charge is 0.367 e. The van der Waals surface area contributed by atoms with Crippen LogP contribution in [-0.2, 0) is 9.84 Å². The topological polar surface area (TPSA) is 59.1 Å². The fourth-order valence-electron chi connectivity index (χ4n) is 1.93. The normalized spacial score (nSPS) is 19.7. The van der Waals surface area contributed by atoms with Crippen LogP contribution < -0.4 is 5.32 Å². The molecule has 0 radical (unpaired) electrons. The Hall–Kier alpha value is -0.880. The summed E-state index contributed by atoms with van der Waals surface area (Å²) in [5.41, 5.74) is 0. The van der Waals surface area contributed by atoms with E-state index >= 15 is 0 Å². The fraction of sp³-hybridized carbons (Fsp3) is 0.545. The van der Waals surface area contributed by atoms with Crippen molar-refractivity contribution in [3.63, 3.8) is 0 Å². The third-order valence-corrected chi connectivity index (χ3v) is 4.96. The Morgan fingerprint density at radius 3 is 2.72 bits per heavy atom. The predicted octanol–water partition coefficient (Wildman–Crippen LogP) is 2.11. The number of sulfone groups is 1. The molecule has 0 atom stereocenters. The minimum absolute atomic E-state index is 0.160. The quantitative estimate of drug-likeness (QED) is 0.927. The lowest BCUT2D eigenvalue weighted by Crippen LogP contribution is -2.27. The first kappa shape index (κ1) is 13.5. The van der Waals surface area contributed by atoms with Crippen molar-refractivity contribution in [1.82, 2.24) is 4.98 Å². The van der Waals surface area contributed by atoms with Crippen LogP contribution in [0.5, 0.6) is 0 Å². The molecule has 2 rings (SSSR count). The number of halogens is 2. The van der Waals surface area contributed by atoms with E-state index in [0.29, 0.717) is 19.4 Å². The Morgan fingerprint density at radius 1 is 1.44 bits per heavy atom. The van der Waals surface area contributed by atoms with Crippen LogP contribution in [0, 0.1) is 11.7 Å². The van der Waals surface area contributed by atoms with Gasteiger partial charge in [0.25, 0.3) is 0 Å². The highest BCUT2D eigenvalue weighted by atomic mass is 35.5. The molecule has 0 aromatic carbocycles. The number of hydrogen-bond acceptors (Lipinski definition) is 4. The molecule has 0 aliphatic carbocycles. The Labute approximate surface area is 110 Å². The Balaban J connectivity index is 1.89. The summed E-state index contributed by atoms with van der Waals surface area (Å²) in [5.74, 6) is 0.343. The van der Waals surface area contributed by atoms with E-state index in [1.807, 2.05) is 0 Å².